The van der Waals surface area contributed by atoms with Crippen LogP contribution in [0, 0.1) is 0 Å². The van der Waals surface area contributed by atoms with E-state index in [1.165, 1.54) is 11.1 Å². The summed E-state index contributed by atoms with van der Waals surface area (Å²) < 4.78 is 17.5. The molecule has 1 saturated heterocycles. The summed E-state index contributed by atoms with van der Waals surface area (Å²) in [6.07, 6.45) is 2.11. The minimum absolute atomic E-state index is 0.115. The summed E-state index contributed by atoms with van der Waals surface area (Å²) in [5.74, 6) is 2.59. The quantitative estimate of drug-likeness (QED) is 0.808. The summed E-state index contributed by atoms with van der Waals surface area (Å²) >= 11 is 0. The van der Waals surface area contributed by atoms with E-state index in [0.717, 1.165) is 62.8 Å². The largest absolute Gasteiger partial charge is 0.493 e. The average molecular weight is 383 g/mol. The van der Waals surface area contributed by atoms with Crippen LogP contribution >= 0.6 is 0 Å². The third-order valence-electron chi connectivity index (χ3n) is 5.96. The predicted molar refractivity (Wildman–Crippen MR) is 110 cm³/mol. The zero-order valence-electron chi connectivity index (χ0n) is 17.1. The van der Waals surface area contributed by atoms with Crippen LogP contribution in [0.1, 0.15) is 24.0 Å². The van der Waals surface area contributed by atoms with Crippen LogP contribution in [0.15, 0.2) is 42.5 Å². The van der Waals surface area contributed by atoms with Crippen molar-refractivity contribution in [1.29, 1.82) is 0 Å². The van der Waals surface area contributed by atoms with Crippen molar-refractivity contribution in [3.8, 4) is 17.2 Å². The van der Waals surface area contributed by atoms with Crippen molar-refractivity contribution in [3.05, 3.63) is 53.6 Å². The first-order chi connectivity index (χ1) is 13.6. The van der Waals surface area contributed by atoms with E-state index in [2.05, 4.69) is 53.2 Å². The first kappa shape index (κ1) is 19.1. The van der Waals surface area contributed by atoms with Gasteiger partial charge in [-0.25, -0.2) is 0 Å². The number of ether oxygens (including phenoxy) is 3. The molecule has 2 heterocycles. The van der Waals surface area contributed by atoms with Crippen LogP contribution in [0.4, 0.5) is 0 Å². The molecule has 0 N–H and O–H groups in total. The summed E-state index contributed by atoms with van der Waals surface area (Å²) in [6, 6.07) is 14.7. The Kier molecular flexibility index (Phi) is 5.47. The molecule has 0 saturated carbocycles. The molecular formula is C23H30N2O3. The Balaban J connectivity index is 1.61. The molecule has 5 nitrogen and oxygen atoms in total. The van der Waals surface area contributed by atoms with Crippen molar-refractivity contribution in [2.24, 2.45) is 0 Å². The molecule has 0 unspecified atom stereocenters. The highest BCUT2D eigenvalue weighted by Crippen LogP contribution is 2.36. The van der Waals surface area contributed by atoms with E-state index >= 15 is 0 Å². The van der Waals surface area contributed by atoms with E-state index < -0.39 is 0 Å². The molecule has 0 amide bonds. The molecule has 4 rings (SSSR count). The predicted octanol–water partition coefficient (Wildman–Crippen LogP) is 3.56. The monoisotopic (exact) mass is 382 g/mol. The van der Waals surface area contributed by atoms with E-state index in [4.69, 9.17) is 14.2 Å². The lowest BCUT2D eigenvalue weighted by Crippen LogP contribution is -2.52. The lowest BCUT2D eigenvalue weighted by Gasteiger charge is -2.42. The molecule has 0 bridgehead atoms. The third-order valence-corrected chi connectivity index (χ3v) is 5.96. The zero-order chi connectivity index (χ0) is 19.6. The molecule has 2 aliphatic rings. The SMILES string of the molecule is COc1ccc(CN2Cc3ccccc3OC3(CCN(C)CC3)C2)cc1OC. The van der Waals surface area contributed by atoms with E-state index in [0.29, 0.717) is 0 Å². The molecule has 2 aromatic rings. The normalized spacial score (nSPS) is 19.5. The Bertz CT molecular complexity index is 815. The Hall–Kier alpha value is -2.24. The van der Waals surface area contributed by atoms with Gasteiger partial charge in [0.1, 0.15) is 11.4 Å². The highest BCUT2D eigenvalue weighted by molar-refractivity contribution is 5.43. The van der Waals surface area contributed by atoms with Crippen LogP contribution in [0.25, 0.3) is 0 Å². The first-order valence-corrected chi connectivity index (χ1v) is 9.99. The topological polar surface area (TPSA) is 34.2 Å². The molecule has 5 heteroatoms. The molecule has 2 aromatic carbocycles. The smallest absolute Gasteiger partial charge is 0.161 e. The van der Waals surface area contributed by atoms with Crippen LogP contribution < -0.4 is 14.2 Å². The van der Waals surface area contributed by atoms with Crippen LogP contribution in [-0.2, 0) is 13.1 Å². The van der Waals surface area contributed by atoms with Gasteiger partial charge in [0.2, 0.25) is 0 Å². The number of fused-ring (bicyclic) bond motifs is 1. The van der Waals surface area contributed by atoms with Crippen molar-refractivity contribution in [2.75, 3.05) is 40.9 Å². The number of hydrogen-bond acceptors (Lipinski definition) is 5. The molecular weight excluding hydrogens is 352 g/mol. The second-order valence-electron chi connectivity index (χ2n) is 8.03. The Morgan fingerprint density at radius 3 is 2.50 bits per heavy atom. The fraction of sp³-hybridized carbons (Fsp3) is 0.478. The maximum atomic E-state index is 6.67. The fourth-order valence-corrected chi connectivity index (χ4v) is 4.34. The summed E-state index contributed by atoms with van der Waals surface area (Å²) in [4.78, 5) is 4.91. The number of benzene rings is 2. The van der Waals surface area contributed by atoms with Crippen molar-refractivity contribution in [2.45, 2.75) is 31.5 Å². The van der Waals surface area contributed by atoms with Crippen LogP contribution in [0.3, 0.4) is 0 Å². The number of likely N-dealkylation sites (tertiary alicyclic amines) is 1. The van der Waals surface area contributed by atoms with Gasteiger partial charge >= 0.3 is 0 Å². The number of nitrogens with zero attached hydrogens (tertiary/aromatic N) is 2. The molecule has 0 atom stereocenters. The van der Waals surface area contributed by atoms with Gasteiger partial charge in [0.15, 0.2) is 11.5 Å². The maximum absolute atomic E-state index is 6.67. The number of rotatable bonds is 4. The van der Waals surface area contributed by atoms with E-state index in [9.17, 15) is 0 Å². The van der Waals surface area contributed by atoms with Gasteiger partial charge in [0, 0.05) is 51.1 Å². The molecule has 0 radical (unpaired) electrons. The van der Waals surface area contributed by atoms with Crippen molar-refractivity contribution < 1.29 is 14.2 Å². The van der Waals surface area contributed by atoms with E-state index in [-0.39, 0.29) is 5.60 Å². The molecule has 0 aliphatic carbocycles. The average Bonchev–Trinajstić information content (AvgIpc) is 2.86. The third kappa shape index (κ3) is 3.96. The Morgan fingerprint density at radius 2 is 1.75 bits per heavy atom. The van der Waals surface area contributed by atoms with Gasteiger partial charge < -0.3 is 19.1 Å². The molecule has 1 fully saturated rings. The second kappa shape index (κ2) is 8.02. The number of hydrogen-bond donors (Lipinski definition) is 0. The fourth-order valence-electron chi connectivity index (χ4n) is 4.34. The summed E-state index contributed by atoms with van der Waals surface area (Å²) in [7, 11) is 5.55. The van der Waals surface area contributed by atoms with Gasteiger partial charge in [0.25, 0.3) is 0 Å². The highest BCUT2D eigenvalue weighted by atomic mass is 16.5. The van der Waals surface area contributed by atoms with Gasteiger partial charge in [-0.05, 0) is 30.8 Å². The van der Waals surface area contributed by atoms with Crippen LogP contribution in [-0.4, -0.2) is 56.3 Å². The molecule has 150 valence electrons. The summed E-state index contributed by atoms with van der Waals surface area (Å²) in [6.45, 7) is 4.83. The van der Waals surface area contributed by atoms with Gasteiger partial charge in [-0.15, -0.1) is 0 Å². The maximum Gasteiger partial charge on any atom is 0.161 e. The van der Waals surface area contributed by atoms with Gasteiger partial charge in [0.05, 0.1) is 14.2 Å². The van der Waals surface area contributed by atoms with Crippen LogP contribution in [0.2, 0.25) is 0 Å². The molecule has 2 aliphatic heterocycles. The van der Waals surface area contributed by atoms with Gasteiger partial charge in [-0.1, -0.05) is 24.3 Å². The van der Waals surface area contributed by atoms with E-state index in [1.807, 2.05) is 6.07 Å². The van der Waals surface area contributed by atoms with Crippen LogP contribution in [0.5, 0.6) is 17.2 Å². The standard InChI is InChI=1S/C23H30N2O3/c1-24-12-10-23(11-13-24)17-25(16-19-6-4-5-7-20(19)28-23)15-18-8-9-21(26-2)22(14-18)27-3/h4-9,14H,10-13,15-17H2,1-3H3. The molecule has 1 spiro atoms. The summed E-state index contributed by atoms with van der Waals surface area (Å²) in [5.41, 5.74) is 2.37. The Labute approximate surface area is 167 Å². The Morgan fingerprint density at radius 1 is 1.00 bits per heavy atom. The number of piperidine rings is 1. The highest BCUT2D eigenvalue weighted by Gasteiger charge is 2.40. The van der Waals surface area contributed by atoms with Crippen molar-refractivity contribution >= 4 is 0 Å². The van der Waals surface area contributed by atoms with Gasteiger partial charge in [-0.2, -0.15) is 0 Å². The number of para-hydroxylation sites is 1. The second-order valence-corrected chi connectivity index (χ2v) is 8.03. The first-order valence-electron chi connectivity index (χ1n) is 9.99. The molecule has 28 heavy (non-hydrogen) atoms. The number of methoxy groups -OCH3 is 2. The van der Waals surface area contributed by atoms with Crippen molar-refractivity contribution in [1.82, 2.24) is 9.80 Å². The van der Waals surface area contributed by atoms with Crippen molar-refractivity contribution in [3.63, 3.8) is 0 Å². The van der Waals surface area contributed by atoms with E-state index in [1.54, 1.807) is 14.2 Å². The summed E-state index contributed by atoms with van der Waals surface area (Å²) in [5, 5.41) is 0. The molecule has 0 aromatic heterocycles. The zero-order valence-corrected chi connectivity index (χ0v) is 17.1. The van der Waals surface area contributed by atoms with Gasteiger partial charge in [-0.3, -0.25) is 4.90 Å². The minimum atomic E-state index is -0.115. The lowest BCUT2D eigenvalue weighted by atomic mass is 9.90. The lowest BCUT2D eigenvalue weighted by molar-refractivity contribution is -0.0146. The minimum Gasteiger partial charge on any atom is -0.493 e.